The lowest BCUT2D eigenvalue weighted by Crippen LogP contribution is -2.21. The lowest BCUT2D eigenvalue weighted by atomic mass is 10.2. The fourth-order valence-electron chi connectivity index (χ4n) is 2.59. The highest BCUT2D eigenvalue weighted by molar-refractivity contribution is 7.22. The molecule has 0 bridgehead atoms. The number of halogens is 2. The molecule has 1 N–H and O–H groups in total. The number of thiazole rings is 1. The van der Waals surface area contributed by atoms with Crippen molar-refractivity contribution >= 4 is 61.5 Å². The summed E-state index contributed by atoms with van der Waals surface area (Å²) in [6.07, 6.45) is 0. The van der Waals surface area contributed by atoms with E-state index in [-0.39, 0.29) is 5.91 Å². The smallest absolute Gasteiger partial charge is 0.257 e. The van der Waals surface area contributed by atoms with E-state index in [1.165, 1.54) is 11.3 Å². The van der Waals surface area contributed by atoms with E-state index in [1.807, 2.05) is 24.3 Å². The largest absolute Gasteiger partial charge is 0.372 e. The Morgan fingerprint density at radius 1 is 1.16 bits per heavy atom. The minimum atomic E-state index is -0.202. The molecule has 3 aromatic rings. The van der Waals surface area contributed by atoms with Crippen LogP contribution in [0.4, 0.5) is 10.8 Å². The molecular weight excluding hydrogens is 377 g/mol. The predicted molar refractivity (Wildman–Crippen MR) is 108 cm³/mol. The Morgan fingerprint density at radius 2 is 1.84 bits per heavy atom. The molecule has 0 unspecified atom stereocenters. The first kappa shape index (κ1) is 18.0. The van der Waals surface area contributed by atoms with Gasteiger partial charge in [-0.2, -0.15) is 0 Å². The van der Waals surface area contributed by atoms with Gasteiger partial charge in [0, 0.05) is 29.4 Å². The molecule has 0 spiro atoms. The highest BCUT2D eigenvalue weighted by Crippen LogP contribution is 2.33. The molecule has 3 rings (SSSR count). The first-order valence-corrected chi connectivity index (χ1v) is 9.51. The van der Waals surface area contributed by atoms with Crippen molar-refractivity contribution in [2.45, 2.75) is 13.8 Å². The lowest BCUT2D eigenvalue weighted by molar-refractivity contribution is 0.102. The van der Waals surface area contributed by atoms with Crippen LogP contribution >= 0.6 is 34.5 Å². The second-order valence-corrected chi connectivity index (χ2v) is 7.30. The van der Waals surface area contributed by atoms with Crippen LogP contribution in [0.5, 0.6) is 0 Å². The Balaban J connectivity index is 1.79. The van der Waals surface area contributed by atoms with Gasteiger partial charge in [0.05, 0.1) is 9.72 Å². The number of aromatic nitrogens is 1. The molecule has 0 aliphatic rings. The van der Waals surface area contributed by atoms with Gasteiger partial charge in [0.25, 0.3) is 5.91 Å². The molecule has 1 heterocycles. The van der Waals surface area contributed by atoms with Gasteiger partial charge in [0.1, 0.15) is 5.52 Å². The van der Waals surface area contributed by atoms with Crippen molar-refractivity contribution in [2.75, 3.05) is 23.3 Å². The first-order valence-electron chi connectivity index (χ1n) is 7.93. The second kappa shape index (κ2) is 7.60. The fourth-order valence-corrected chi connectivity index (χ4v) is 4.18. The minimum absolute atomic E-state index is 0.202. The Kier molecular flexibility index (Phi) is 5.47. The number of hydrogen-bond donors (Lipinski definition) is 1. The molecule has 0 saturated heterocycles. The number of fused-ring (bicyclic) bond motifs is 1. The minimum Gasteiger partial charge on any atom is -0.372 e. The Labute approximate surface area is 160 Å². The summed E-state index contributed by atoms with van der Waals surface area (Å²) in [7, 11) is 0. The molecule has 130 valence electrons. The third-order valence-corrected chi connectivity index (χ3v) is 5.32. The molecule has 0 aliphatic heterocycles. The van der Waals surface area contributed by atoms with Crippen molar-refractivity contribution in [1.29, 1.82) is 0 Å². The first-order chi connectivity index (χ1) is 12.0. The van der Waals surface area contributed by atoms with Crippen LogP contribution in [0.25, 0.3) is 10.2 Å². The summed E-state index contributed by atoms with van der Waals surface area (Å²) < 4.78 is 0.838. The number of nitrogens with zero attached hydrogens (tertiary/aromatic N) is 2. The van der Waals surface area contributed by atoms with Crippen LogP contribution in [-0.4, -0.2) is 24.0 Å². The zero-order valence-corrected chi connectivity index (χ0v) is 16.2. The van der Waals surface area contributed by atoms with Gasteiger partial charge in [-0.25, -0.2) is 4.98 Å². The second-order valence-electron chi connectivity index (χ2n) is 5.43. The van der Waals surface area contributed by atoms with Gasteiger partial charge in [-0.3, -0.25) is 10.1 Å². The van der Waals surface area contributed by atoms with Crippen molar-refractivity contribution < 1.29 is 4.79 Å². The van der Waals surface area contributed by atoms with Crippen molar-refractivity contribution in [1.82, 2.24) is 4.98 Å². The molecule has 0 saturated carbocycles. The number of hydrogen-bond acceptors (Lipinski definition) is 4. The number of benzene rings is 2. The maximum Gasteiger partial charge on any atom is 0.257 e. The zero-order chi connectivity index (χ0) is 18.0. The van der Waals surface area contributed by atoms with Crippen molar-refractivity contribution in [2.24, 2.45) is 0 Å². The number of anilines is 2. The third kappa shape index (κ3) is 3.89. The van der Waals surface area contributed by atoms with Gasteiger partial charge in [-0.15, -0.1) is 0 Å². The summed E-state index contributed by atoms with van der Waals surface area (Å²) in [4.78, 5) is 19.0. The normalized spacial score (nSPS) is 10.9. The van der Waals surface area contributed by atoms with Crippen LogP contribution < -0.4 is 10.2 Å². The van der Waals surface area contributed by atoms with E-state index in [0.29, 0.717) is 26.3 Å². The molecule has 25 heavy (non-hydrogen) atoms. The van der Waals surface area contributed by atoms with Gasteiger partial charge < -0.3 is 4.90 Å². The summed E-state index contributed by atoms with van der Waals surface area (Å²) in [5.41, 5.74) is 2.32. The number of amides is 1. The van der Waals surface area contributed by atoms with Crippen LogP contribution in [0.1, 0.15) is 24.2 Å². The summed E-state index contributed by atoms with van der Waals surface area (Å²) in [6.45, 7) is 6.07. The Hall–Kier alpha value is -1.82. The topological polar surface area (TPSA) is 45.2 Å². The highest BCUT2D eigenvalue weighted by Gasteiger charge is 2.13. The van der Waals surface area contributed by atoms with E-state index in [2.05, 4.69) is 29.0 Å². The summed E-state index contributed by atoms with van der Waals surface area (Å²) in [6, 6.07) is 11.0. The molecule has 0 fully saturated rings. The van der Waals surface area contributed by atoms with E-state index in [1.54, 1.807) is 12.1 Å². The van der Waals surface area contributed by atoms with Crippen LogP contribution in [0.3, 0.4) is 0 Å². The fraction of sp³-hybridized carbons (Fsp3) is 0.222. The number of nitrogens with one attached hydrogen (secondary N) is 1. The molecule has 1 amide bonds. The van der Waals surface area contributed by atoms with E-state index in [9.17, 15) is 4.79 Å². The highest BCUT2D eigenvalue weighted by atomic mass is 35.5. The molecular formula is C18H17Cl2N3OS. The number of carbonyl (C=O) groups is 1. The monoisotopic (exact) mass is 393 g/mol. The van der Waals surface area contributed by atoms with E-state index >= 15 is 0 Å². The quantitative estimate of drug-likeness (QED) is 0.604. The van der Waals surface area contributed by atoms with Gasteiger partial charge >= 0.3 is 0 Å². The van der Waals surface area contributed by atoms with Gasteiger partial charge in [-0.1, -0.05) is 34.5 Å². The number of carbonyl (C=O) groups excluding carboxylic acids is 1. The third-order valence-electron chi connectivity index (χ3n) is 3.89. The van der Waals surface area contributed by atoms with Crippen LogP contribution in [0.2, 0.25) is 10.0 Å². The SMILES string of the molecule is CCN(CC)c1ccc(C(=O)Nc2nc3c(Cl)cc(Cl)cc3s2)cc1. The molecule has 2 aromatic carbocycles. The van der Waals surface area contributed by atoms with E-state index in [4.69, 9.17) is 23.2 Å². The zero-order valence-electron chi connectivity index (χ0n) is 13.8. The van der Waals surface area contributed by atoms with Crippen molar-refractivity contribution in [3.63, 3.8) is 0 Å². The van der Waals surface area contributed by atoms with Crippen molar-refractivity contribution in [3.8, 4) is 0 Å². The van der Waals surface area contributed by atoms with Crippen LogP contribution in [0.15, 0.2) is 36.4 Å². The molecule has 7 heteroatoms. The van der Waals surface area contributed by atoms with E-state index < -0.39 is 0 Å². The maximum absolute atomic E-state index is 12.4. The molecule has 1 aromatic heterocycles. The Bertz CT molecular complexity index is 905. The molecule has 0 atom stereocenters. The lowest BCUT2D eigenvalue weighted by Gasteiger charge is -2.20. The maximum atomic E-state index is 12.4. The molecule has 0 radical (unpaired) electrons. The molecule has 4 nitrogen and oxygen atoms in total. The van der Waals surface area contributed by atoms with Crippen LogP contribution in [0, 0.1) is 0 Å². The average molecular weight is 394 g/mol. The standard InChI is InChI=1S/C18H17Cl2N3OS/c1-3-23(4-2)13-7-5-11(6-8-13)17(24)22-18-21-16-14(20)9-12(19)10-15(16)25-18/h5-10H,3-4H2,1-2H3,(H,21,22,24). The van der Waals surface area contributed by atoms with E-state index in [0.717, 1.165) is 23.5 Å². The van der Waals surface area contributed by atoms with Gasteiger partial charge in [0.15, 0.2) is 5.13 Å². The van der Waals surface area contributed by atoms with Gasteiger partial charge in [-0.05, 0) is 50.2 Å². The number of rotatable bonds is 5. The summed E-state index contributed by atoms with van der Waals surface area (Å²) in [5, 5.41) is 4.34. The van der Waals surface area contributed by atoms with Gasteiger partial charge in [0.2, 0.25) is 0 Å². The summed E-state index contributed by atoms with van der Waals surface area (Å²) in [5.74, 6) is -0.202. The Morgan fingerprint density at radius 3 is 2.48 bits per heavy atom. The predicted octanol–water partition coefficient (Wildman–Crippen LogP) is 5.70. The molecule has 0 aliphatic carbocycles. The average Bonchev–Trinajstić information content (AvgIpc) is 2.99. The summed E-state index contributed by atoms with van der Waals surface area (Å²) >= 11 is 13.5. The van der Waals surface area contributed by atoms with Crippen molar-refractivity contribution in [3.05, 3.63) is 52.0 Å². The van der Waals surface area contributed by atoms with Crippen LogP contribution in [-0.2, 0) is 0 Å².